The highest BCUT2D eigenvalue weighted by Crippen LogP contribution is 2.17. The van der Waals surface area contributed by atoms with E-state index in [0.717, 1.165) is 35.1 Å². The molecule has 0 spiro atoms. The molecule has 0 aliphatic rings. The minimum Gasteiger partial charge on any atom is -0.494 e. The van der Waals surface area contributed by atoms with Crippen molar-refractivity contribution in [2.75, 3.05) is 18.5 Å². The highest BCUT2D eigenvalue weighted by molar-refractivity contribution is 5.88. The molecule has 144 valence electrons. The molecule has 0 aliphatic carbocycles. The molecule has 3 N–H and O–H groups in total. The number of hydrogen-bond acceptors (Lipinski definition) is 3. The van der Waals surface area contributed by atoms with Crippen LogP contribution in [0.2, 0.25) is 0 Å². The van der Waals surface area contributed by atoms with Gasteiger partial charge < -0.3 is 20.7 Å². The van der Waals surface area contributed by atoms with Crippen molar-refractivity contribution in [3.8, 4) is 5.75 Å². The lowest BCUT2D eigenvalue weighted by Crippen LogP contribution is -2.36. The molecule has 2 rings (SSSR count). The van der Waals surface area contributed by atoms with Crippen molar-refractivity contribution in [3.05, 3.63) is 59.7 Å². The van der Waals surface area contributed by atoms with Gasteiger partial charge in [-0.15, -0.1) is 0 Å². The Morgan fingerprint density at radius 3 is 2.63 bits per heavy atom. The van der Waals surface area contributed by atoms with E-state index in [-0.39, 0.29) is 5.91 Å². The first-order valence-electron chi connectivity index (χ1n) is 9.21. The van der Waals surface area contributed by atoms with Crippen LogP contribution in [0.25, 0.3) is 0 Å². The molecule has 2 aromatic carbocycles. The van der Waals surface area contributed by atoms with Crippen molar-refractivity contribution in [3.63, 3.8) is 0 Å². The Kier molecular flexibility index (Phi) is 8.16. The second kappa shape index (κ2) is 10.9. The standard InChI is InChI=1S/C21H28N4O2/c1-4-22-21(24-15-18-10-6-7-12-20(18)27-5-2)23-14-17-9-8-11-19(13-17)25-16(3)26/h6-13H,4-5,14-15H2,1-3H3,(H,25,26)(H2,22,23,24). The van der Waals surface area contributed by atoms with Crippen LogP contribution in [0, 0.1) is 0 Å². The Bertz CT molecular complexity index is 774. The largest absolute Gasteiger partial charge is 0.494 e. The van der Waals surface area contributed by atoms with Gasteiger partial charge in [-0.05, 0) is 37.6 Å². The molecule has 6 heteroatoms. The van der Waals surface area contributed by atoms with Gasteiger partial charge in [0.05, 0.1) is 13.2 Å². The van der Waals surface area contributed by atoms with Gasteiger partial charge in [0, 0.05) is 31.3 Å². The molecular formula is C21H28N4O2. The van der Waals surface area contributed by atoms with Gasteiger partial charge in [0.25, 0.3) is 0 Å². The van der Waals surface area contributed by atoms with Crippen LogP contribution in [-0.2, 0) is 17.9 Å². The summed E-state index contributed by atoms with van der Waals surface area (Å²) in [7, 11) is 0. The molecule has 0 heterocycles. The van der Waals surface area contributed by atoms with E-state index in [0.29, 0.717) is 19.7 Å². The summed E-state index contributed by atoms with van der Waals surface area (Å²) in [4.78, 5) is 15.8. The summed E-state index contributed by atoms with van der Waals surface area (Å²) in [5.41, 5.74) is 2.88. The van der Waals surface area contributed by atoms with E-state index in [1.54, 1.807) is 0 Å². The first-order valence-corrected chi connectivity index (χ1v) is 9.21. The summed E-state index contributed by atoms with van der Waals surface area (Å²) < 4.78 is 5.67. The molecule has 0 radical (unpaired) electrons. The monoisotopic (exact) mass is 368 g/mol. The molecule has 0 unspecified atom stereocenters. The summed E-state index contributed by atoms with van der Waals surface area (Å²) in [6, 6.07) is 15.7. The van der Waals surface area contributed by atoms with E-state index in [2.05, 4.69) is 20.9 Å². The lowest BCUT2D eigenvalue weighted by atomic mass is 10.2. The Hall–Kier alpha value is -3.02. The van der Waals surface area contributed by atoms with Crippen molar-refractivity contribution in [2.24, 2.45) is 4.99 Å². The second-order valence-electron chi connectivity index (χ2n) is 5.97. The highest BCUT2D eigenvalue weighted by Gasteiger charge is 2.04. The van der Waals surface area contributed by atoms with Crippen LogP contribution in [0.5, 0.6) is 5.75 Å². The van der Waals surface area contributed by atoms with Gasteiger partial charge in [-0.1, -0.05) is 30.3 Å². The third-order valence-corrected chi connectivity index (χ3v) is 3.73. The lowest BCUT2D eigenvalue weighted by Gasteiger charge is -2.14. The number of amides is 1. The molecule has 2 aromatic rings. The van der Waals surface area contributed by atoms with Gasteiger partial charge in [-0.25, -0.2) is 4.99 Å². The third kappa shape index (κ3) is 7.01. The van der Waals surface area contributed by atoms with E-state index < -0.39 is 0 Å². The molecule has 0 saturated carbocycles. The topological polar surface area (TPSA) is 74.8 Å². The number of benzene rings is 2. The summed E-state index contributed by atoms with van der Waals surface area (Å²) in [6.45, 7) is 8.04. The minimum absolute atomic E-state index is 0.0846. The zero-order valence-corrected chi connectivity index (χ0v) is 16.2. The predicted octanol–water partition coefficient (Wildman–Crippen LogP) is 3.30. The van der Waals surface area contributed by atoms with Crippen LogP contribution in [0.1, 0.15) is 31.9 Å². The number of carbonyl (C=O) groups excluding carboxylic acids is 1. The molecule has 0 bridgehead atoms. The minimum atomic E-state index is -0.0846. The number of nitrogens with one attached hydrogen (secondary N) is 3. The van der Waals surface area contributed by atoms with E-state index >= 15 is 0 Å². The number of rotatable bonds is 8. The Balaban J connectivity index is 2.03. The summed E-state index contributed by atoms with van der Waals surface area (Å²) >= 11 is 0. The van der Waals surface area contributed by atoms with Gasteiger partial charge in [0.1, 0.15) is 5.75 Å². The second-order valence-corrected chi connectivity index (χ2v) is 5.97. The Morgan fingerprint density at radius 1 is 1.07 bits per heavy atom. The fourth-order valence-corrected chi connectivity index (χ4v) is 2.59. The molecular weight excluding hydrogens is 340 g/mol. The molecule has 0 aliphatic heterocycles. The number of para-hydroxylation sites is 1. The molecule has 1 amide bonds. The first kappa shape index (κ1) is 20.3. The van der Waals surface area contributed by atoms with Crippen molar-refractivity contribution in [1.29, 1.82) is 0 Å². The number of nitrogens with zero attached hydrogens (tertiary/aromatic N) is 1. The van der Waals surface area contributed by atoms with Gasteiger partial charge in [-0.2, -0.15) is 0 Å². The van der Waals surface area contributed by atoms with Crippen LogP contribution >= 0.6 is 0 Å². The molecule has 27 heavy (non-hydrogen) atoms. The lowest BCUT2D eigenvalue weighted by molar-refractivity contribution is -0.114. The number of anilines is 1. The van der Waals surface area contributed by atoms with Crippen LogP contribution in [-0.4, -0.2) is 25.0 Å². The van der Waals surface area contributed by atoms with Crippen molar-refractivity contribution in [1.82, 2.24) is 10.6 Å². The van der Waals surface area contributed by atoms with E-state index in [1.807, 2.05) is 62.4 Å². The molecule has 6 nitrogen and oxygen atoms in total. The normalized spacial score (nSPS) is 11.0. The maximum atomic E-state index is 11.2. The molecule has 0 fully saturated rings. The van der Waals surface area contributed by atoms with Crippen molar-refractivity contribution < 1.29 is 9.53 Å². The SMILES string of the molecule is CCNC(=NCc1cccc(NC(C)=O)c1)NCc1ccccc1OCC. The van der Waals surface area contributed by atoms with Crippen LogP contribution in [0.15, 0.2) is 53.5 Å². The van der Waals surface area contributed by atoms with E-state index in [9.17, 15) is 4.79 Å². The average Bonchev–Trinajstić information content (AvgIpc) is 2.65. The maximum Gasteiger partial charge on any atom is 0.221 e. The van der Waals surface area contributed by atoms with Crippen LogP contribution in [0.3, 0.4) is 0 Å². The van der Waals surface area contributed by atoms with Gasteiger partial charge in [0.2, 0.25) is 5.91 Å². The summed E-state index contributed by atoms with van der Waals surface area (Å²) in [6.07, 6.45) is 0. The van der Waals surface area contributed by atoms with Crippen molar-refractivity contribution in [2.45, 2.75) is 33.9 Å². The van der Waals surface area contributed by atoms with E-state index in [1.165, 1.54) is 6.92 Å². The zero-order chi connectivity index (χ0) is 19.5. The number of carbonyl (C=O) groups is 1. The number of aliphatic imine (C=N–C) groups is 1. The summed E-state index contributed by atoms with van der Waals surface area (Å²) in [5, 5.41) is 9.38. The van der Waals surface area contributed by atoms with Gasteiger partial charge >= 0.3 is 0 Å². The average molecular weight is 368 g/mol. The van der Waals surface area contributed by atoms with Crippen molar-refractivity contribution >= 4 is 17.6 Å². The number of hydrogen-bond donors (Lipinski definition) is 3. The fourth-order valence-electron chi connectivity index (χ4n) is 2.59. The zero-order valence-electron chi connectivity index (χ0n) is 16.2. The fraction of sp³-hybridized carbons (Fsp3) is 0.333. The quantitative estimate of drug-likeness (QED) is 0.494. The summed E-state index contributed by atoms with van der Waals surface area (Å²) in [5.74, 6) is 1.53. The van der Waals surface area contributed by atoms with Gasteiger partial charge in [0.15, 0.2) is 5.96 Å². The Morgan fingerprint density at radius 2 is 1.89 bits per heavy atom. The van der Waals surface area contributed by atoms with Gasteiger partial charge in [-0.3, -0.25) is 4.79 Å². The molecule has 0 saturated heterocycles. The maximum absolute atomic E-state index is 11.2. The third-order valence-electron chi connectivity index (χ3n) is 3.73. The Labute approximate surface area is 161 Å². The van der Waals surface area contributed by atoms with E-state index in [4.69, 9.17) is 4.74 Å². The molecule has 0 aromatic heterocycles. The molecule has 0 atom stereocenters. The smallest absolute Gasteiger partial charge is 0.221 e. The van der Waals surface area contributed by atoms with Crippen LogP contribution < -0.4 is 20.7 Å². The highest BCUT2D eigenvalue weighted by atomic mass is 16.5. The van der Waals surface area contributed by atoms with Crippen LogP contribution in [0.4, 0.5) is 5.69 Å². The predicted molar refractivity (Wildman–Crippen MR) is 110 cm³/mol. The number of ether oxygens (including phenoxy) is 1. The number of guanidine groups is 1. The first-order chi connectivity index (χ1) is 13.1.